The standard InChI is InChI=1S/C22H23F2N3O2S/c23-22(24)30-20-4-2-1-3-17(20)21(28)26-16-5-6-19-18(13-16)15(14-25-19)7-8-27-9-11-29-12-10-27/h1-6,13-14,22,25H,7-12H2,(H,26,28). The Labute approximate surface area is 177 Å². The van der Waals surface area contributed by atoms with Gasteiger partial charge < -0.3 is 15.0 Å². The summed E-state index contributed by atoms with van der Waals surface area (Å²) in [6.45, 7) is 4.38. The Morgan fingerprint density at radius 2 is 2.00 bits per heavy atom. The number of hydrogen-bond acceptors (Lipinski definition) is 4. The molecule has 158 valence electrons. The molecule has 5 nitrogen and oxygen atoms in total. The van der Waals surface area contributed by atoms with Gasteiger partial charge in [-0.25, -0.2) is 0 Å². The number of thioether (sulfide) groups is 1. The molecular weight excluding hydrogens is 408 g/mol. The molecule has 1 aliphatic heterocycles. The van der Waals surface area contributed by atoms with Crippen LogP contribution >= 0.6 is 11.8 Å². The van der Waals surface area contributed by atoms with Crippen LogP contribution in [-0.2, 0) is 11.2 Å². The van der Waals surface area contributed by atoms with Crippen molar-refractivity contribution in [1.82, 2.24) is 9.88 Å². The minimum Gasteiger partial charge on any atom is -0.379 e. The highest BCUT2D eigenvalue weighted by Gasteiger charge is 2.16. The van der Waals surface area contributed by atoms with Crippen molar-refractivity contribution >= 4 is 34.3 Å². The Morgan fingerprint density at radius 3 is 2.80 bits per heavy atom. The lowest BCUT2D eigenvalue weighted by atomic mass is 10.1. The predicted octanol–water partition coefficient (Wildman–Crippen LogP) is 4.61. The minimum atomic E-state index is -2.58. The number of ether oxygens (including phenoxy) is 1. The van der Waals surface area contributed by atoms with Gasteiger partial charge in [0.25, 0.3) is 11.7 Å². The Balaban J connectivity index is 1.49. The molecule has 0 saturated carbocycles. The number of fused-ring (bicyclic) bond motifs is 1. The van der Waals surface area contributed by atoms with Crippen molar-refractivity contribution in [1.29, 1.82) is 0 Å². The largest absolute Gasteiger partial charge is 0.379 e. The van der Waals surface area contributed by atoms with E-state index in [1.807, 2.05) is 24.4 Å². The number of carbonyl (C=O) groups is 1. The van der Waals surface area contributed by atoms with E-state index in [-0.39, 0.29) is 10.5 Å². The SMILES string of the molecule is O=C(Nc1ccc2[nH]cc(CCN3CCOCC3)c2c1)c1ccccc1SC(F)F. The van der Waals surface area contributed by atoms with E-state index in [0.29, 0.717) is 17.4 Å². The van der Waals surface area contributed by atoms with Gasteiger partial charge in [0.2, 0.25) is 0 Å². The number of alkyl halides is 2. The fourth-order valence-electron chi connectivity index (χ4n) is 3.62. The maximum Gasteiger partial charge on any atom is 0.288 e. The summed E-state index contributed by atoms with van der Waals surface area (Å²) in [4.78, 5) is 18.6. The summed E-state index contributed by atoms with van der Waals surface area (Å²) in [6.07, 6.45) is 2.90. The Kier molecular flexibility index (Phi) is 6.66. The number of rotatable bonds is 7. The van der Waals surface area contributed by atoms with E-state index in [4.69, 9.17) is 4.74 Å². The molecule has 1 aromatic heterocycles. The number of nitrogens with one attached hydrogen (secondary N) is 2. The number of carbonyl (C=O) groups excluding carboxylic acids is 1. The van der Waals surface area contributed by atoms with Crippen molar-refractivity contribution in [3.05, 3.63) is 59.8 Å². The molecule has 30 heavy (non-hydrogen) atoms. The summed E-state index contributed by atoms with van der Waals surface area (Å²) < 4.78 is 31.0. The third kappa shape index (κ3) is 5.00. The monoisotopic (exact) mass is 431 g/mol. The molecule has 0 radical (unpaired) electrons. The molecule has 0 aliphatic carbocycles. The fourth-order valence-corrected chi connectivity index (χ4v) is 4.25. The van der Waals surface area contributed by atoms with Crippen molar-refractivity contribution in [3.8, 4) is 0 Å². The van der Waals surface area contributed by atoms with Gasteiger partial charge in [0.15, 0.2) is 0 Å². The molecule has 2 N–H and O–H groups in total. The summed E-state index contributed by atoms with van der Waals surface area (Å²) in [5, 5.41) is 3.90. The van der Waals surface area contributed by atoms with Gasteiger partial charge in [0.05, 0.1) is 18.8 Å². The van der Waals surface area contributed by atoms with Crippen LogP contribution < -0.4 is 5.32 Å². The molecule has 0 unspecified atom stereocenters. The molecule has 1 amide bonds. The van der Waals surface area contributed by atoms with Gasteiger partial charge in [-0.3, -0.25) is 9.69 Å². The van der Waals surface area contributed by atoms with Gasteiger partial charge >= 0.3 is 0 Å². The van der Waals surface area contributed by atoms with Crippen molar-refractivity contribution in [2.45, 2.75) is 17.1 Å². The molecular formula is C22H23F2N3O2S. The Morgan fingerprint density at radius 1 is 1.20 bits per heavy atom. The van der Waals surface area contributed by atoms with Gasteiger partial charge in [-0.05, 0) is 42.3 Å². The van der Waals surface area contributed by atoms with Gasteiger partial charge in [-0.15, -0.1) is 0 Å². The molecule has 1 saturated heterocycles. The average molecular weight is 432 g/mol. The first-order valence-corrected chi connectivity index (χ1v) is 10.7. The van der Waals surface area contributed by atoms with Crippen molar-refractivity contribution < 1.29 is 18.3 Å². The number of hydrogen-bond donors (Lipinski definition) is 2. The lowest BCUT2D eigenvalue weighted by Gasteiger charge is -2.26. The Bertz CT molecular complexity index is 1020. The second-order valence-electron chi connectivity index (χ2n) is 7.11. The maximum absolute atomic E-state index is 12.8. The van der Waals surface area contributed by atoms with Crippen molar-refractivity contribution in [3.63, 3.8) is 0 Å². The third-order valence-electron chi connectivity index (χ3n) is 5.17. The first-order valence-electron chi connectivity index (χ1n) is 9.85. The van der Waals surface area contributed by atoms with Crippen LogP contribution in [0.3, 0.4) is 0 Å². The zero-order chi connectivity index (χ0) is 20.9. The predicted molar refractivity (Wildman–Crippen MR) is 116 cm³/mol. The van der Waals surface area contributed by atoms with Crippen molar-refractivity contribution in [2.24, 2.45) is 0 Å². The Hall–Kier alpha value is -2.42. The number of anilines is 1. The van der Waals surface area contributed by atoms with Crippen LogP contribution in [0.2, 0.25) is 0 Å². The number of nitrogens with zero attached hydrogens (tertiary/aromatic N) is 1. The smallest absolute Gasteiger partial charge is 0.288 e. The van der Waals surface area contributed by atoms with Crippen LogP contribution in [0.15, 0.2) is 53.6 Å². The highest BCUT2D eigenvalue weighted by atomic mass is 32.2. The lowest BCUT2D eigenvalue weighted by molar-refractivity contribution is 0.0385. The van der Waals surface area contributed by atoms with Crippen molar-refractivity contribution in [2.75, 3.05) is 38.2 Å². The van der Waals surface area contributed by atoms with E-state index < -0.39 is 11.7 Å². The molecule has 0 atom stereocenters. The van der Waals surface area contributed by atoms with Gasteiger partial charge in [-0.2, -0.15) is 8.78 Å². The molecule has 0 spiro atoms. The quantitative estimate of drug-likeness (QED) is 0.537. The molecule has 1 fully saturated rings. The summed E-state index contributed by atoms with van der Waals surface area (Å²) >= 11 is 0.378. The second kappa shape index (κ2) is 9.59. The topological polar surface area (TPSA) is 57.4 Å². The molecule has 8 heteroatoms. The summed E-state index contributed by atoms with van der Waals surface area (Å²) in [6, 6.07) is 12.1. The lowest BCUT2D eigenvalue weighted by Crippen LogP contribution is -2.37. The van der Waals surface area contributed by atoms with Gasteiger partial charge in [0, 0.05) is 47.3 Å². The normalized spacial score (nSPS) is 15.0. The summed E-state index contributed by atoms with van der Waals surface area (Å²) in [5.41, 5.74) is 3.06. The van der Waals surface area contributed by atoms with E-state index >= 15 is 0 Å². The van der Waals surface area contributed by atoms with E-state index in [2.05, 4.69) is 15.2 Å². The van der Waals surface area contributed by atoms with E-state index in [1.165, 1.54) is 11.6 Å². The molecule has 1 aliphatic rings. The number of halogens is 2. The highest BCUT2D eigenvalue weighted by Crippen LogP contribution is 2.29. The molecule has 2 heterocycles. The maximum atomic E-state index is 12.8. The highest BCUT2D eigenvalue weighted by molar-refractivity contribution is 7.99. The zero-order valence-electron chi connectivity index (χ0n) is 16.4. The summed E-state index contributed by atoms with van der Waals surface area (Å²) in [7, 11) is 0. The van der Waals surface area contributed by atoms with E-state index in [9.17, 15) is 13.6 Å². The van der Waals surface area contributed by atoms with Crippen LogP contribution in [0.4, 0.5) is 14.5 Å². The van der Waals surface area contributed by atoms with E-state index in [1.54, 1.807) is 18.2 Å². The summed E-state index contributed by atoms with van der Waals surface area (Å²) in [5.74, 6) is -2.98. The first-order chi connectivity index (χ1) is 14.6. The number of benzene rings is 2. The minimum absolute atomic E-state index is 0.240. The molecule has 2 aromatic carbocycles. The number of amides is 1. The zero-order valence-corrected chi connectivity index (χ0v) is 17.2. The number of aromatic amines is 1. The van der Waals surface area contributed by atoms with Gasteiger partial charge in [0.1, 0.15) is 0 Å². The first kappa shape index (κ1) is 20.8. The average Bonchev–Trinajstić information content (AvgIpc) is 3.15. The van der Waals surface area contributed by atoms with Crippen LogP contribution in [0.25, 0.3) is 10.9 Å². The second-order valence-corrected chi connectivity index (χ2v) is 8.14. The third-order valence-corrected chi connectivity index (χ3v) is 5.96. The van der Waals surface area contributed by atoms with Crippen LogP contribution in [0, 0.1) is 0 Å². The fraction of sp³-hybridized carbons (Fsp3) is 0.318. The molecule has 0 bridgehead atoms. The number of aromatic nitrogens is 1. The number of H-pyrrole nitrogens is 1. The van der Waals surface area contributed by atoms with Crippen LogP contribution in [0.5, 0.6) is 0 Å². The van der Waals surface area contributed by atoms with E-state index in [0.717, 1.165) is 50.2 Å². The molecule has 3 aromatic rings. The van der Waals surface area contributed by atoms with Crippen LogP contribution in [0.1, 0.15) is 15.9 Å². The number of morpholine rings is 1. The van der Waals surface area contributed by atoms with Gasteiger partial charge in [-0.1, -0.05) is 23.9 Å². The van der Waals surface area contributed by atoms with Crippen LogP contribution in [-0.4, -0.2) is 54.4 Å². The molecule has 4 rings (SSSR count).